The first-order valence-electron chi connectivity index (χ1n) is 7.54. The molecule has 0 aromatic heterocycles. The molecule has 18 heavy (non-hydrogen) atoms. The Hall–Kier alpha value is 0.230. The van der Waals surface area contributed by atoms with Crippen molar-refractivity contribution in [2.24, 2.45) is 0 Å². The van der Waals surface area contributed by atoms with Crippen molar-refractivity contribution in [2.75, 3.05) is 51.6 Å². The van der Waals surface area contributed by atoms with Crippen LogP contribution in [0.25, 0.3) is 0 Å². The van der Waals surface area contributed by atoms with E-state index in [1.54, 1.807) is 0 Å². The van der Waals surface area contributed by atoms with E-state index in [2.05, 4.69) is 40.7 Å². The number of nitrogens with one attached hydrogen (secondary N) is 1. The lowest BCUT2D eigenvalue weighted by Crippen LogP contribution is -2.49. The zero-order valence-electron chi connectivity index (χ0n) is 12.0. The van der Waals surface area contributed by atoms with Crippen molar-refractivity contribution in [1.29, 1.82) is 0 Å². The van der Waals surface area contributed by atoms with E-state index in [4.69, 9.17) is 0 Å². The Morgan fingerprint density at radius 2 is 1.78 bits per heavy atom. The van der Waals surface area contributed by atoms with Crippen LogP contribution in [0.1, 0.15) is 26.7 Å². The molecule has 0 amide bonds. The van der Waals surface area contributed by atoms with Crippen molar-refractivity contribution >= 4 is 11.8 Å². The highest BCUT2D eigenvalue weighted by Crippen LogP contribution is 2.20. The number of thioether (sulfide) groups is 1. The van der Waals surface area contributed by atoms with Gasteiger partial charge in [-0.05, 0) is 39.8 Å². The molecule has 0 aliphatic carbocycles. The van der Waals surface area contributed by atoms with Gasteiger partial charge in [0.05, 0.1) is 0 Å². The standard InChI is InChI=1S/C14H29N3S/c1-13(2)17-9-7-16(8-10-17)11-12-18-14-3-5-15-6-4-14/h13-15H,3-12H2,1-2H3. The summed E-state index contributed by atoms with van der Waals surface area (Å²) in [6.07, 6.45) is 2.73. The van der Waals surface area contributed by atoms with Crippen LogP contribution >= 0.6 is 11.8 Å². The average Bonchev–Trinajstić information content (AvgIpc) is 2.40. The van der Waals surface area contributed by atoms with Gasteiger partial charge in [0.2, 0.25) is 0 Å². The SMILES string of the molecule is CC(C)N1CCN(CCSC2CCNCC2)CC1. The molecule has 0 aromatic carbocycles. The highest BCUT2D eigenvalue weighted by Gasteiger charge is 2.19. The molecule has 2 aliphatic rings. The summed E-state index contributed by atoms with van der Waals surface area (Å²) in [6, 6.07) is 0.719. The third kappa shape index (κ3) is 4.72. The smallest absolute Gasteiger partial charge is 0.0113 e. The summed E-state index contributed by atoms with van der Waals surface area (Å²) >= 11 is 2.20. The van der Waals surface area contributed by atoms with Gasteiger partial charge in [0.15, 0.2) is 0 Å². The molecule has 0 atom stereocenters. The second kappa shape index (κ2) is 7.73. The molecule has 106 valence electrons. The van der Waals surface area contributed by atoms with E-state index < -0.39 is 0 Å². The van der Waals surface area contributed by atoms with Crippen LogP contribution in [0, 0.1) is 0 Å². The average molecular weight is 271 g/mol. The van der Waals surface area contributed by atoms with Gasteiger partial charge in [-0.1, -0.05) is 0 Å². The van der Waals surface area contributed by atoms with Gasteiger partial charge in [0.1, 0.15) is 0 Å². The summed E-state index contributed by atoms with van der Waals surface area (Å²) in [5.74, 6) is 1.33. The maximum absolute atomic E-state index is 3.44. The molecule has 0 unspecified atom stereocenters. The van der Waals surface area contributed by atoms with Gasteiger partial charge in [-0.2, -0.15) is 11.8 Å². The molecule has 4 heteroatoms. The first-order valence-corrected chi connectivity index (χ1v) is 8.59. The Morgan fingerprint density at radius 1 is 1.11 bits per heavy atom. The predicted molar refractivity (Wildman–Crippen MR) is 81.5 cm³/mol. The van der Waals surface area contributed by atoms with Gasteiger partial charge in [-0.3, -0.25) is 9.80 Å². The van der Waals surface area contributed by atoms with Gasteiger partial charge < -0.3 is 5.32 Å². The van der Waals surface area contributed by atoms with Gasteiger partial charge in [-0.25, -0.2) is 0 Å². The minimum atomic E-state index is 0.719. The fraction of sp³-hybridized carbons (Fsp3) is 1.00. The zero-order valence-corrected chi connectivity index (χ0v) is 12.8. The Kier molecular flexibility index (Phi) is 6.29. The van der Waals surface area contributed by atoms with Crippen molar-refractivity contribution in [2.45, 2.75) is 38.0 Å². The van der Waals surface area contributed by atoms with Gasteiger partial charge in [0.25, 0.3) is 0 Å². The lowest BCUT2D eigenvalue weighted by molar-refractivity contribution is 0.113. The Balaban J connectivity index is 1.55. The molecule has 2 saturated heterocycles. The molecular weight excluding hydrogens is 242 g/mol. The van der Waals surface area contributed by atoms with Crippen LogP contribution in [0.15, 0.2) is 0 Å². The van der Waals surface area contributed by atoms with E-state index >= 15 is 0 Å². The monoisotopic (exact) mass is 271 g/mol. The second-order valence-corrected chi connectivity index (χ2v) is 7.20. The predicted octanol–water partition coefficient (Wildman–Crippen LogP) is 1.50. The normalized spacial score (nSPS) is 24.8. The van der Waals surface area contributed by atoms with E-state index in [1.807, 2.05) is 0 Å². The van der Waals surface area contributed by atoms with Gasteiger partial charge >= 0.3 is 0 Å². The molecule has 0 saturated carbocycles. The molecule has 0 aromatic rings. The van der Waals surface area contributed by atoms with Crippen LogP contribution in [0.5, 0.6) is 0 Å². The largest absolute Gasteiger partial charge is 0.317 e. The topological polar surface area (TPSA) is 18.5 Å². The summed E-state index contributed by atoms with van der Waals surface area (Å²) in [5, 5.41) is 4.36. The van der Waals surface area contributed by atoms with Gasteiger partial charge in [0, 0.05) is 49.8 Å². The number of piperazine rings is 1. The molecule has 2 heterocycles. The van der Waals surface area contributed by atoms with E-state index in [0.29, 0.717) is 0 Å². The zero-order chi connectivity index (χ0) is 12.8. The summed E-state index contributed by atoms with van der Waals surface area (Å²) in [6.45, 7) is 13.4. The third-order valence-corrected chi connectivity index (χ3v) is 5.55. The number of rotatable bonds is 5. The van der Waals surface area contributed by atoms with Crippen LogP contribution in [-0.4, -0.2) is 72.7 Å². The minimum absolute atomic E-state index is 0.719. The number of piperidine rings is 1. The van der Waals surface area contributed by atoms with Crippen LogP contribution in [0.3, 0.4) is 0 Å². The van der Waals surface area contributed by atoms with Crippen LogP contribution < -0.4 is 5.32 Å². The van der Waals surface area contributed by atoms with Crippen molar-refractivity contribution in [3.8, 4) is 0 Å². The molecule has 0 spiro atoms. The summed E-state index contributed by atoms with van der Waals surface area (Å²) in [5.41, 5.74) is 0. The molecule has 1 N–H and O–H groups in total. The lowest BCUT2D eigenvalue weighted by atomic mass is 10.2. The van der Waals surface area contributed by atoms with Crippen molar-refractivity contribution in [3.63, 3.8) is 0 Å². The molecule has 0 bridgehead atoms. The first kappa shape index (κ1) is 14.6. The van der Waals surface area contributed by atoms with E-state index in [-0.39, 0.29) is 0 Å². The Morgan fingerprint density at radius 3 is 2.39 bits per heavy atom. The fourth-order valence-corrected chi connectivity index (χ4v) is 4.08. The number of hydrogen-bond acceptors (Lipinski definition) is 4. The molecule has 2 aliphatic heterocycles. The summed E-state index contributed by atoms with van der Waals surface area (Å²) < 4.78 is 0. The van der Waals surface area contributed by atoms with Crippen molar-refractivity contribution < 1.29 is 0 Å². The Labute approximate surface area is 117 Å². The van der Waals surface area contributed by atoms with Crippen LogP contribution in [-0.2, 0) is 0 Å². The van der Waals surface area contributed by atoms with Crippen LogP contribution in [0.4, 0.5) is 0 Å². The lowest BCUT2D eigenvalue weighted by Gasteiger charge is -2.37. The maximum Gasteiger partial charge on any atom is 0.0113 e. The highest BCUT2D eigenvalue weighted by molar-refractivity contribution is 7.99. The highest BCUT2D eigenvalue weighted by atomic mass is 32.2. The number of nitrogens with zero attached hydrogens (tertiary/aromatic N) is 2. The fourth-order valence-electron chi connectivity index (χ4n) is 2.81. The first-order chi connectivity index (χ1) is 8.75. The quantitative estimate of drug-likeness (QED) is 0.816. The van der Waals surface area contributed by atoms with Crippen molar-refractivity contribution in [1.82, 2.24) is 15.1 Å². The van der Waals surface area contributed by atoms with Gasteiger partial charge in [-0.15, -0.1) is 0 Å². The molecule has 2 rings (SSSR count). The third-order valence-electron chi connectivity index (χ3n) is 4.18. The summed E-state index contributed by atoms with van der Waals surface area (Å²) in [4.78, 5) is 5.24. The van der Waals surface area contributed by atoms with E-state index in [1.165, 1.54) is 64.4 Å². The van der Waals surface area contributed by atoms with E-state index in [9.17, 15) is 0 Å². The Bertz CT molecular complexity index is 221. The maximum atomic E-state index is 3.44. The second-order valence-electron chi connectivity index (χ2n) is 5.79. The molecular formula is C14H29N3S. The summed E-state index contributed by atoms with van der Waals surface area (Å²) in [7, 11) is 0. The molecule has 0 radical (unpaired) electrons. The number of hydrogen-bond donors (Lipinski definition) is 1. The minimum Gasteiger partial charge on any atom is -0.317 e. The molecule has 2 fully saturated rings. The van der Waals surface area contributed by atoms with E-state index in [0.717, 1.165) is 11.3 Å². The molecule has 3 nitrogen and oxygen atoms in total. The van der Waals surface area contributed by atoms with Crippen LogP contribution in [0.2, 0.25) is 0 Å². The van der Waals surface area contributed by atoms with Crippen molar-refractivity contribution in [3.05, 3.63) is 0 Å².